The van der Waals surface area contributed by atoms with E-state index in [2.05, 4.69) is 12.2 Å². The van der Waals surface area contributed by atoms with Crippen molar-refractivity contribution in [1.29, 1.82) is 0 Å². The van der Waals surface area contributed by atoms with Crippen molar-refractivity contribution in [3.8, 4) is 0 Å². The third-order valence-electron chi connectivity index (χ3n) is 2.76. The van der Waals surface area contributed by atoms with E-state index in [1.807, 2.05) is 0 Å². The summed E-state index contributed by atoms with van der Waals surface area (Å²) < 4.78 is 27.8. The molecule has 0 aliphatic rings. The summed E-state index contributed by atoms with van der Waals surface area (Å²) in [5.74, 6) is -0.271. The number of hydrogen-bond acceptors (Lipinski definition) is 4. The SMILES string of the molecule is CCCCCOCC(=O)Nc1cccc(CS(C)(=O)=O)c1. The first kappa shape index (κ1) is 17.7. The number of carbonyl (C=O) groups is 1. The Hall–Kier alpha value is -1.40. The minimum atomic E-state index is -3.08. The molecule has 5 nitrogen and oxygen atoms in total. The molecule has 1 N–H and O–H groups in total. The first-order chi connectivity index (χ1) is 9.90. The number of anilines is 1. The lowest BCUT2D eigenvalue weighted by Gasteiger charge is -2.08. The lowest BCUT2D eigenvalue weighted by Crippen LogP contribution is -2.18. The quantitative estimate of drug-likeness (QED) is 0.710. The second kappa shape index (κ2) is 8.79. The third kappa shape index (κ3) is 8.47. The van der Waals surface area contributed by atoms with Gasteiger partial charge in [0.15, 0.2) is 9.84 Å². The number of carbonyl (C=O) groups excluding carboxylic acids is 1. The molecule has 0 fully saturated rings. The van der Waals surface area contributed by atoms with Gasteiger partial charge in [-0.1, -0.05) is 31.9 Å². The maximum atomic E-state index is 11.7. The Morgan fingerprint density at radius 3 is 2.71 bits per heavy atom. The van der Waals surface area contributed by atoms with Gasteiger partial charge >= 0.3 is 0 Å². The molecule has 0 saturated heterocycles. The minimum Gasteiger partial charge on any atom is -0.372 e. The zero-order valence-electron chi connectivity index (χ0n) is 12.6. The third-order valence-corrected chi connectivity index (χ3v) is 3.62. The van der Waals surface area contributed by atoms with Gasteiger partial charge in [-0.15, -0.1) is 0 Å². The Kier molecular flexibility index (Phi) is 7.39. The van der Waals surface area contributed by atoms with Gasteiger partial charge in [-0.3, -0.25) is 4.79 Å². The van der Waals surface area contributed by atoms with Crippen LogP contribution >= 0.6 is 0 Å². The fourth-order valence-corrected chi connectivity index (χ4v) is 2.64. The Bertz CT molecular complexity index is 555. The van der Waals surface area contributed by atoms with E-state index >= 15 is 0 Å². The van der Waals surface area contributed by atoms with E-state index < -0.39 is 9.84 Å². The molecule has 1 aromatic carbocycles. The first-order valence-corrected chi connectivity index (χ1v) is 9.11. The van der Waals surface area contributed by atoms with Crippen molar-refractivity contribution in [2.75, 3.05) is 24.8 Å². The van der Waals surface area contributed by atoms with Gasteiger partial charge < -0.3 is 10.1 Å². The number of amides is 1. The van der Waals surface area contributed by atoms with Crippen LogP contribution < -0.4 is 5.32 Å². The molecule has 21 heavy (non-hydrogen) atoms. The number of hydrogen-bond donors (Lipinski definition) is 1. The minimum absolute atomic E-state index is 0.0139. The van der Waals surface area contributed by atoms with Crippen molar-refractivity contribution in [3.63, 3.8) is 0 Å². The lowest BCUT2D eigenvalue weighted by molar-refractivity contribution is -0.120. The highest BCUT2D eigenvalue weighted by molar-refractivity contribution is 7.89. The van der Waals surface area contributed by atoms with Crippen molar-refractivity contribution < 1.29 is 17.9 Å². The molecular formula is C15H23NO4S. The number of rotatable bonds is 9. The molecule has 118 valence electrons. The second-order valence-corrected chi connectivity index (χ2v) is 7.22. The molecule has 0 saturated carbocycles. The number of benzene rings is 1. The summed E-state index contributed by atoms with van der Waals surface area (Å²) in [7, 11) is -3.08. The predicted molar refractivity (Wildman–Crippen MR) is 84.0 cm³/mol. The van der Waals surface area contributed by atoms with Crippen molar-refractivity contribution >= 4 is 21.4 Å². The highest BCUT2D eigenvalue weighted by Crippen LogP contribution is 2.13. The fraction of sp³-hybridized carbons (Fsp3) is 0.533. The van der Waals surface area contributed by atoms with Crippen molar-refractivity contribution in [2.45, 2.75) is 31.9 Å². The van der Waals surface area contributed by atoms with E-state index in [1.54, 1.807) is 24.3 Å². The number of nitrogens with one attached hydrogen (secondary N) is 1. The monoisotopic (exact) mass is 313 g/mol. The van der Waals surface area contributed by atoms with Crippen LogP contribution in [-0.4, -0.2) is 33.8 Å². The van der Waals surface area contributed by atoms with Crippen LogP contribution in [0.5, 0.6) is 0 Å². The van der Waals surface area contributed by atoms with Gasteiger partial charge in [0, 0.05) is 18.6 Å². The van der Waals surface area contributed by atoms with Gasteiger partial charge in [0.2, 0.25) is 5.91 Å². The standard InChI is InChI=1S/C15H23NO4S/c1-3-4-5-9-20-11-15(17)16-14-8-6-7-13(10-14)12-21(2,18)19/h6-8,10H,3-5,9,11-12H2,1-2H3,(H,16,17). The zero-order chi connectivity index (χ0) is 15.7. The Morgan fingerprint density at radius 2 is 2.05 bits per heavy atom. The van der Waals surface area contributed by atoms with Gasteiger partial charge in [0.25, 0.3) is 0 Å². The van der Waals surface area contributed by atoms with E-state index in [1.165, 1.54) is 6.26 Å². The highest BCUT2D eigenvalue weighted by atomic mass is 32.2. The predicted octanol–water partition coefficient (Wildman–Crippen LogP) is 2.38. The van der Waals surface area contributed by atoms with Crippen LogP contribution in [0.2, 0.25) is 0 Å². The molecule has 0 radical (unpaired) electrons. The van der Waals surface area contributed by atoms with Crippen molar-refractivity contribution in [2.24, 2.45) is 0 Å². The van der Waals surface area contributed by atoms with Crippen LogP contribution in [0.25, 0.3) is 0 Å². The van der Waals surface area contributed by atoms with Crippen molar-refractivity contribution in [3.05, 3.63) is 29.8 Å². The summed E-state index contributed by atoms with van der Waals surface area (Å²) >= 11 is 0. The number of ether oxygens (including phenoxy) is 1. The van der Waals surface area contributed by atoms with E-state index in [0.717, 1.165) is 19.3 Å². The van der Waals surface area contributed by atoms with Gasteiger partial charge in [0.1, 0.15) is 6.61 Å². The van der Waals surface area contributed by atoms with E-state index in [4.69, 9.17) is 4.74 Å². The maximum Gasteiger partial charge on any atom is 0.250 e. The summed E-state index contributed by atoms with van der Waals surface area (Å²) in [6.07, 6.45) is 4.34. The molecular weight excluding hydrogens is 290 g/mol. The Morgan fingerprint density at radius 1 is 1.29 bits per heavy atom. The molecule has 1 aromatic rings. The van der Waals surface area contributed by atoms with Crippen LogP contribution in [0.15, 0.2) is 24.3 Å². The van der Waals surface area contributed by atoms with Crippen molar-refractivity contribution in [1.82, 2.24) is 0 Å². The maximum absolute atomic E-state index is 11.7. The Balaban J connectivity index is 2.43. The summed E-state index contributed by atoms with van der Waals surface area (Å²) in [5.41, 5.74) is 1.23. The van der Waals surface area contributed by atoms with Gasteiger partial charge in [-0.05, 0) is 24.1 Å². The van der Waals surface area contributed by atoms with Crippen LogP contribution in [0, 0.1) is 0 Å². The summed E-state index contributed by atoms with van der Waals surface area (Å²) in [5, 5.41) is 2.70. The molecule has 0 spiro atoms. The average molecular weight is 313 g/mol. The lowest BCUT2D eigenvalue weighted by atomic mass is 10.2. The van der Waals surface area contributed by atoms with Gasteiger partial charge in [-0.25, -0.2) is 8.42 Å². The highest BCUT2D eigenvalue weighted by Gasteiger charge is 2.07. The van der Waals surface area contributed by atoms with E-state index in [9.17, 15) is 13.2 Å². The first-order valence-electron chi connectivity index (χ1n) is 7.05. The van der Waals surface area contributed by atoms with Crippen LogP contribution in [-0.2, 0) is 25.1 Å². The van der Waals surface area contributed by atoms with Gasteiger partial charge in [0.05, 0.1) is 5.75 Å². The number of unbranched alkanes of at least 4 members (excludes halogenated alkanes) is 2. The second-order valence-electron chi connectivity index (χ2n) is 5.08. The normalized spacial score (nSPS) is 11.3. The molecule has 0 aliphatic heterocycles. The van der Waals surface area contributed by atoms with E-state index in [-0.39, 0.29) is 18.3 Å². The molecule has 0 aliphatic carbocycles. The molecule has 0 bridgehead atoms. The topological polar surface area (TPSA) is 72.5 Å². The molecule has 0 atom stereocenters. The van der Waals surface area contributed by atoms with Crippen LogP contribution in [0.3, 0.4) is 0 Å². The molecule has 0 aromatic heterocycles. The van der Waals surface area contributed by atoms with Crippen LogP contribution in [0.1, 0.15) is 31.7 Å². The molecule has 0 heterocycles. The molecule has 0 unspecified atom stereocenters. The number of sulfone groups is 1. The van der Waals surface area contributed by atoms with E-state index in [0.29, 0.717) is 17.9 Å². The summed E-state index contributed by atoms with van der Waals surface area (Å²) in [4.78, 5) is 11.7. The molecule has 6 heteroatoms. The Labute approximate surface area is 126 Å². The smallest absolute Gasteiger partial charge is 0.250 e. The fourth-order valence-electron chi connectivity index (χ4n) is 1.86. The van der Waals surface area contributed by atoms with Gasteiger partial charge in [-0.2, -0.15) is 0 Å². The molecule has 1 rings (SSSR count). The largest absolute Gasteiger partial charge is 0.372 e. The zero-order valence-corrected chi connectivity index (χ0v) is 13.4. The van der Waals surface area contributed by atoms with Crippen LogP contribution in [0.4, 0.5) is 5.69 Å². The summed E-state index contributed by atoms with van der Waals surface area (Å²) in [6.45, 7) is 2.70. The summed E-state index contributed by atoms with van der Waals surface area (Å²) in [6, 6.07) is 6.83. The average Bonchev–Trinajstić information content (AvgIpc) is 2.37. The molecule has 1 amide bonds.